The van der Waals surface area contributed by atoms with E-state index in [2.05, 4.69) is 10.4 Å². The Morgan fingerprint density at radius 1 is 1.33 bits per heavy atom. The fourth-order valence-corrected chi connectivity index (χ4v) is 3.06. The molecule has 148 valence electrons. The van der Waals surface area contributed by atoms with E-state index in [9.17, 15) is 23.1 Å². The van der Waals surface area contributed by atoms with E-state index in [-0.39, 0.29) is 16.6 Å². The topological polar surface area (TPSA) is 67.2 Å². The monoisotopic (exact) mass is 403 g/mol. The zero-order valence-corrected chi connectivity index (χ0v) is 16.1. The Labute approximate surface area is 160 Å². The molecule has 0 amide bonds. The van der Waals surface area contributed by atoms with E-state index in [1.165, 1.54) is 10.7 Å². The van der Waals surface area contributed by atoms with Crippen LogP contribution in [0.1, 0.15) is 49.7 Å². The molecule has 5 nitrogen and oxygen atoms in total. The molecule has 2 rings (SSSR count). The fraction of sp³-hybridized carbons (Fsp3) is 0.444. The molecule has 1 aromatic heterocycles. The molecule has 0 fully saturated rings. The number of benzene rings is 1. The Bertz CT molecular complexity index is 847. The highest BCUT2D eigenvalue weighted by molar-refractivity contribution is 6.35. The van der Waals surface area contributed by atoms with E-state index >= 15 is 0 Å². The van der Waals surface area contributed by atoms with Crippen molar-refractivity contribution in [3.63, 3.8) is 0 Å². The number of aromatic carboxylic acids is 1. The Kier molecular flexibility index (Phi) is 6.09. The minimum absolute atomic E-state index is 0.00983. The lowest BCUT2D eigenvalue weighted by Gasteiger charge is -2.21. The summed E-state index contributed by atoms with van der Waals surface area (Å²) >= 11 is 6.27. The van der Waals surface area contributed by atoms with Crippen molar-refractivity contribution in [2.24, 2.45) is 0 Å². The maximum Gasteiger partial charge on any atom is 0.408 e. The molecular weight excluding hydrogens is 383 g/mol. The number of carboxylic acids is 1. The SMILES string of the molecule is CCn1nc(C(=O)O)c(Cl)c1-c1ccc(NC(C)C(F)(F)F)cc1C(C)C. The molecule has 0 saturated heterocycles. The van der Waals surface area contributed by atoms with E-state index < -0.39 is 18.2 Å². The maximum atomic E-state index is 12.8. The Morgan fingerprint density at radius 2 is 1.96 bits per heavy atom. The van der Waals surface area contributed by atoms with E-state index in [1.54, 1.807) is 19.1 Å². The van der Waals surface area contributed by atoms with Crippen LogP contribution in [0.15, 0.2) is 18.2 Å². The van der Waals surface area contributed by atoms with Crippen LogP contribution in [0.2, 0.25) is 5.02 Å². The molecule has 27 heavy (non-hydrogen) atoms. The van der Waals surface area contributed by atoms with Gasteiger partial charge in [0.05, 0.1) is 5.69 Å². The first kappa shape index (κ1) is 21.1. The summed E-state index contributed by atoms with van der Waals surface area (Å²) < 4.78 is 39.9. The van der Waals surface area contributed by atoms with Crippen molar-refractivity contribution in [1.82, 2.24) is 9.78 Å². The number of anilines is 1. The highest BCUT2D eigenvalue weighted by Crippen LogP contribution is 2.37. The summed E-state index contributed by atoms with van der Waals surface area (Å²) in [6.07, 6.45) is -4.36. The van der Waals surface area contributed by atoms with Crippen molar-refractivity contribution in [3.8, 4) is 11.3 Å². The van der Waals surface area contributed by atoms with Crippen LogP contribution in [0.5, 0.6) is 0 Å². The number of carbonyl (C=O) groups is 1. The van der Waals surface area contributed by atoms with Gasteiger partial charge in [-0.05, 0) is 37.5 Å². The molecule has 0 radical (unpaired) electrons. The van der Waals surface area contributed by atoms with Crippen LogP contribution in [-0.4, -0.2) is 33.1 Å². The molecule has 0 spiro atoms. The normalized spacial score (nSPS) is 13.1. The van der Waals surface area contributed by atoms with Crippen molar-refractivity contribution in [2.45, 2.75) is 52.4 Å². The number of hydrogen-bond donors (Lipinski definition) is 2. The van der Waals surface area contributed by atoms with Gasteiger partial charge in [-0.3, -0.25) is 4.68 Å². The number of hydrogen-bond acceptors (Lipinski definition) is 3. The first-order valence-electron chi connectivity index (χ1n) is 8.44. The highest BCUT2D eigenvalue weighted by atomic mass is 35.5. The zero-order chi connectivity index (χ0) is 20.5. The second-order valence-electron chi connectivity index (χ2n) is 6.50. The summed E-state index contributed by atoms with van der Waals surface area (Å²) in [5, 5.41) is 15.8. The zero-order valence-electron chi connectivity index (χ0n) is 15.4. The molecule has 1 aromatic carbocycles. The molecule has 1 unspecified atom stereocenters. The molecule has 2 N–H and O–H groups in total. The average molecular weight is 404 g/mol. The summed E-state index contributed by atoms with van der Waals surface area (Å²) in [6.45, 7) is 7.04. The predicted molar refractivity (Wildman–Crippen MR) is 98.5 cm³/mol. The van der Waals surface area contributed by atoms with Crippen LogP contribution in [0, 0.1) is 0 Å². The van der Waals surface area contributed by atoms with Gasteiger partial charge in [-0.2, -0.15) is 18.3 Å². The molecule has 0 aliphatic carbocycles. The van der Waals surface area contributed by atoms with E-state index in [1.807, 2.05) is 13.8 Å². The second kappa shape index (κ2) is 7.80. The number of aryl methyl sites for hydroxylation is 1. The number of alkyl halides is 3. The van der Waals surface area contributed by atoms with Gasteiger partial charge < -0.3 is 10.4 Å². The average Bonchev–Trinajstić information content (AvgIpc) is 2.90. The number of aromatic nitrogens is 2. The molecule has 0 saturated carbocycles. The van der Waals surface area contributed by atoms with Gasteiger partial charge in [0.15, 0.2) is 5.69 Å². The number of rotatable bonds is 6. The van der Waals surface area contributed by atoms with Crippen LogP contribution >= 0.6 is 11.6 Å². The lowest BCUT2D eigenvalue weighted by Crippen LogP contribution is -2.33. The third kappa shape index (κ3) is 4.37. The molecule has 0 aliphatic rings. The molecule has 1 atom stereocenters. The maximum absolute atomic E-state index is 12.8. The van der Waals surface area contributed by atoms with Gasteiger partial charge in [-0.15, -0.1) is 0 Å². The van der Waals surface area contributed by atoms with Crippen LogP contribution in [0.25, 0.3) is 11.3 Å². The Hall–Kier alpha value is -2.22. The molecule has 0 bridgehead atoms. The molecule has 0 aliphatic heterocycles. The van der Waals surface area contributed by atoms with Gasteiger partial charge in [0.2, 0.25) is 0 Å². The predicted octanol–water partition coefficient (Wildman–Crippen LogP) is 5.41. The summed E-state index contributed by atoms with van der Waals surface area (Å²) in [6, 6.07) is 3.09. The van der Waals surface area contributed by atoms with Gasteiger partial charge in [0.1, 0.15) is 11.1 Å². The van der Waals surface area contributed by atoms with Crippen LogP contribution in [0.4, 0.5) is 18.9 Å². The highest BCUT2D eigenvalue weighted by Gasteiger charge is 2.36. The summed E-state index contributed by atoms with van der Waals surface area (Å²) in [7, 11) is 0. The van der Waals surface area contributed by atoms with Crippen molar-refractivity contribution >= 4 is 23.3 Å². The minimum Gasteiger partial charge on any atom is -0.476 e. The lowest BCUT2D eigenvalue weighted by atomic mass is 9.94. The van der Waals surface area contributed by atoms with Gasteiger partial charge >= 0.3 is 12.1 Å². The summed E-state index contributed by atoms with van der Waals surface area (Å²) in [5.41, 5.74) is 1.89. The third-order valence-corrected chi connectivity index (χ3v) is 4.56. The van der Waals surface area contributed by atoms with Crippen LogP contribution in [-0.2, 0) is 6.54 Å². The largest absolute Gasteiger partial charge is 0.476 e. The number of nitrogens with zero attached hydrogens (tertiary/aromatic N) is 2. The van der Waals surface area contributed by atoms with E-state index in [0.717, 1.165) is 12.5 Å². The first-order valence-corrected chi connectivity index (χ1v) is 8.82. The quantitative estimate of drug-likeness (QED) is 0.677. The third-order valence-electron chi connectivity index (χ3n) is 4.20. The van der Waals surface area contributed by atoms with Crippen LogP contribution in [0.3, 0.4) is 0 Å². The second-order valence-corrected chi connectivity index (χ2v) is 6.87. The van der Waals surface area contributed by atoms with Crippen molar-refractivity contribution < 1.29 is 23.1 Å². The van der Waals surface area contributed by atoms with Gasteiger partial charge in [0, 0.05) is 17.8 Å². The van der Waals surface area contributed by atoms with Crippen molar-refractivity contribution in [3.05, 3.63) is 34.5 Å². The van der Waals surface area contributed by atoms with Gasteiger partial charge in [-0.25, -0.2) is 4.79 Å². The Morgan fingerprint density at radius 3 is 2.44 bits per heavy atom. The van der Waals surface area contributed by atoms with Crippen molar-refractivity contribution in [2.75, 3.05) is 5.32 Å². The van der Waals surface area contributed by atoms with E-state index in [0.29, 0.717) is 23.5 Å². The summed E-state index contributed by atoms with van der Waals surface area (Å²) in [4.78, 5) is 11.3. The van der Waals surface area contributed by atoms with E-state index in [4.69, 9.17) is 11.6 Å². The number of halogens is 4. The fourth-order valence-electron chi connectivity index (χ4n) is 2.74. The summed E-state index contributed by atoms with van der Waals surface area (Å²) in [5.74, 6) is -1.27. The van der Waals surface area contributed by atoms with Crippen LogP contribution < -0.4 is 5.32 Å². The van der Waals surface area contributed by atoms with Gasteiger partial charge in [0.25, 0.3) is 0 Å². The minimum atomic E-state index is -4.36. The van der Waals surface area contributed by atoms with Crippen molar-refractivity contribution in [1.29, 1.82) is 0 Å². The molecule has 2 aromatic rings. The standard InChI is InChI=1S/C18H21ClF3N3O2/c1-5-25-16(14(19)15(24-25)17(26)27)12-7-6-11(8-13(12)9(2)3)23-10(4)18(20,21)22/h6-10,23H,5H2,1-4H3,(H,26,27). The lowest BCUT2D eigenvalue weighted by molar-refractivity contribution is -0.138. The number of carboxylic acid groups (broad SMARTS) is 1. The number of nitrogens with one attached hydrogen (secondary N) is 1. The van der Waals surface area contributed by atoms with Gasteiger partial charge in [-0.1, -0.05) is 31.5 Å². The molecular formula is C18H21ClF3N3O2. The smallest absolute Gasteiger partial charge is 0.408 e. The molecule has 9 heteroatoms. The first-order chi connectivity index (χ1) is 12.5. The molecule has 1 heterocycles. The Balaban J connectivity index is 2.57.